The molecule has 0 spiro atoms. The largest absolute Gasteiger partial charge is 0.448 e. The summed E-state index contributed by atoms with van der Waals surface area (Å²) in [4.78, 5) is 30.5. The minimum Gasteiger partial charge on any atom is -0.448 e. The van der Waals surface area contributed by atoms with Crippen LogP contribution in [0.4, 0.5) is 0 Å². The molecule has 0 aliphatic carbocycles. The summed E-state index contributed by atoms with van der Waals surface area (Å²) in [7, 11) is 1.71. The molecule has 0 saturated carbocycles. The van der Waals surface area contributed by atoms with Crippen molar-refractivity contribution in [1.82, 2.24) is 14.5 Å². The first-order valence-electron chi connectivity index (χ1n) is 7.11. The van der Waals surface area contributed by atoms with Gasteiger partial charge in [-0.25, -0.2) is 4.98 Å². The van der Waals surface area contributed by atoms with E-state index in [1.807, 2.05) is 32.0 Å². The molecular formula is C16H17N3O3. The third-order valence-electron chi connectivity index (χ3n) is 3.82. The first-order valence-corrected chi connectivity index (χ1v) is 7.11. The number of likely N-dealkylation sites (N-methyl/N-ethyl adjacent to an activating group) is 1. The molecule has 1 aromatic carbocycles. The van der Waals surface area contributed by atoms with Crippen LogP contribution in [-0.2, 0) is 11.3 Å². The van der Waals surface area contributed by atoms with Crippen molar-refractivity contribution < 1.29 is 9.21 Å². The molecule has 2 heterocycles. The highest BCUT2D eigenvalue weighted by Gasteiger charge is 2.17. The molecule has 0 aliphatic heterocycles. The molecule has 0 saturated heterocycles. The van der Waals surface area contributed by atoms with E-state index in [4.69, 9.17) is 4.42 Å². The van der Waals surface area contributed by atoms with E-state index < -0.39 is 0 Å². The van der Waals surface area contributed by atoms with E-state index in [-0.39, 0.29) is 29.6 Å². The highest BCUT2D eigenvalue weighted by molar-refractivity contribution is 6.01. The lowest BCUT2D eigenvalue weighted by Gasteiger charge is -2.21. The number of hydrogen-bond donors (Lipinski definition) is 0. The molecular weight excluding hydrogens is 282 g/mol. The number of carbonyl (C=O) groups is 1. The van der Waals surface area contributed by atoms with Gasteiger partial charge in [-0.05, 0) is 26.0 Å². The van der Waals surface area contributed by atoms with E-state index in [0.29, 0.717) is 11.1 Å². The van der Waals surface area contributed by atoms with Crippen molar-refractivity contribution in [2.24, 2.45) is 0 Å². The number of rotatable bonds is 3. The zero-order valence-electron chi connectivity index (χ0n) is 12.7. The molecule has 0 N–H and O–H groups in total. The number of furan rings is 1. The molecule has 1 amide bonds. The minimum atomic E-state index is -0.341. The molecule has 0 bridgehead atoms. The van der Waals surface area contributed by atoms with E-state index in [9.17, 15) is 9.59 Å². The van der Waals surface area contributed by atoms with E-state index in [2.05, 4.69) is 4.98 Å². The highest BCUT2D eigenvalue weighted by Crippen LogP contribution is 2.23. The zero-order chi connectivity index (χ0) is 15.9. The van der Waals surface area contributed by atoms with Gasteiger partial charge in [0, 0.05) is 18.5 Å². The molecule has 6 heteroatoms. The minimum absolute atomic E-state index is 0.0481. The third kappa shape index (κ3) is 2.26. The monoisotopic (exact) mass is 299 g/mol. The Balaban J connectivity index is 2.06. The molecule has 22 heavy (non-hydrogen) atoms. The van der Waals surface area contributed by atoms with Crippen LogP contribution in [0, 0.1) is 0 Å². The Morgan fingerprint density at radius 3 is 2.82 bits per heavy atom. The SMILES string of the molecule is CC(C)N(C)C(=O)Cn1cnc2c(oc3ccccc32)c1=O. The molecule has 0 fully saturated rings. The van der Waals surface area contributed by atoms with E-state index >= 15 is 0 Å². The average Bonchev–Trinajstić information content (AvgIpc) is 2.88. The predicted octanol–water partition coefficient (Wildman–Crippen LogP) is 2.01. The Kier molecular flexibility index (Phi) is 3.44. The van der Waals surface area contributed by atoms with Gasteiger partial charge in [0.1, 0.15) is 17.6 Å². The Hall–Kier alpha value is -2.63. The molecule has 114 valence electrons. The number of fused-ring (bicyclic) bond motifs is 3. The number of amides is 1. The van der Waals surface area contributed by atoms with Gasteiger partial charge in [0.15, 0.2) is 0 Å². The van der Waals surface area contributed by atoms with Crippen molar-refractivity contribution in [3.05, 3.63) is 40.9 Å². The predicted molar refractivity (Wildman–Crippen MR) is 83.7 cm³/mol. The maximum Gasteiger partial charge on any atom is 0.297 e. The van der Waals surface area contributed by atoms with Crippen molar-refractivity contribution in [1.29, 1.82) is 0 Å². The number of para-hydroxylation sites is 1. The molecule has 3 aromatic rings. The van der Waals surface area contributed by atoms with Crippen molar-refractivity contribution in [2.45, 2.75) is 26.4 Å². The van der Waals surface area contributed by atoms with Gasteiger partial charge in [0.05, 0.1) is 6.33 Å². The second-order valence-electron chi connectivity index (χ2n) is 5.55. The Morgan fingerprint density at radius 2 is 2.09 bits per heavy atom. The normalized spacial score (nSPS) is 11.5. The van der Waals surface area contributed by atoms with Crippen LogP contribution < -0.4 is 5.56 Å². The van der Waals surface area contributed by atoms with Crippen LogP contribution in [0.25, 0.3) is 22.1 Å². The lowest BCUT2D eigenvalue weighted by molar-refractivity contribution is -0.132. The summed E-state index contributed by atoms with van der Waals surface area (Å²) in [5, 5.41) is 0.798. The lowest BCUT2D eigenvalue weighted by Crippen LogP contribution is -2.37. The number of nitrogens with zero attached hydrogens (tertiary/aromatic N) is 3. The third-order valence-corrected chi connectivity index (χ3v) is 3.82. The average molecular weight is 299 g/mol. The summed E-state index contributed by atoms with van der Waals surface area (Å²) in [6.45, 7) is 3.79. The first kappa shape index (κ1) is 14.3. The van der Waals surface area contributed by atoms with Gasteiger partial charge in [-0.3, -0.25) is 14.2 Å². The zero-order valence-corrected chi connectivity index (χ0v) is 12.7. The Labute approximate surface area is 127 Å². The van der Waals surface area contributed by atoms with Crippen LogP contribution in [0.2, 0.25) is 0 Å². The summed E-state index contributed by atoms with van der Waals surface area (Å²) < 4.78 is 6.88. The highest BCUT2D eigenvalue weighted by atomic mass is 16.3. The second kappa shape index (κ2) is 5.29. The van der Waals surface area contributed by atoms with Crippen molar-refractivity contribution in [3.8, 4) is 0 Å². The van der Waals surface area contributed by atoms with Crippen molar-refractivity contribution in [3.63, 3.8) is 0 Å². The second-order valence-corrected chi connectivity index (χ2v) is 5.55. The molecule has 3 rings (SSSR count). The van der Waals surface area contributed by atoms with Gasteiger partial charge in [-0.2, -0.15) is 0 Å². The molecule has 0 unspecified atom stereocenters. The van der Waals surface area contributed by atoms with Gasteiger partial charge in [0.2, 0.25) is 11.5 Å². The summed E-state index contributed by atoms with van der Waals surface area (Å²) in [6, 6.07) is 7.43. The van der Waals surface area contributed by atoms with Crippen LogP contribution in [0.5, 0.6) is 0 Å². The van der Waals surface area contributed by atoms with Crippen LogP contribution in [0.1, 0.15) is 13.8 Å². The summed E-state index contributed by atoms with van der Waals surface area (Å²) in [5.41, 5.74) is 0.988. The Morgan fingerprint density at radius 1 is 1.36 bits per heavy atom. The fourth-order valence-corrected chi connectivity index (χ4v) is 2.27. The summed E-state index contributed by atoms with van der Waals surface area (Å²) >= 11 is 0. The quantitative estimate of drug-likeness (QED) is 0.742. The molecule has 6 nitrogen and oxygen atoms in total. The van der Waals surface area contributed by atoms with Gasteiger partial charge in [0.25, 0.3) is 5.56 Å². The maximum atomic E-state index is 12.5. The van der Waals surface area contributed by atoms with Crippen LogP contribution in [0.3, 0.4) is 0 Å². The van der Waals surface area contributed by atoms with Crippen LogP contribution >= 0.6 is 0 Å². The number of aromatic nitrogens is 2. The van der Waals surface area contributed by atoms with Gasteiger partial charge >= 0.3 is 0 Å². The van der Waals surface area contributed by atoms with E-state index in [0.717, 1.165) is 5.39 Å². The van der Waals surface area contributed by atoms with Gasteiger partial charge in [-0.15, -0.1) is 0 Å². The topological polar surface area (TPSA) is 68.3 Å². The maximum absolute atomic E-state index is 12.5. The van der Waals surface area contributed by atoms with Crippen molar-refractivity contribution >= 4 is 28.0 Å². The lowest BCUT2D eigenvalue weighted by atomic mass is 10.2. The van der Waals surface area contributed by atoms with Gasteiger partial charge in [-0.1, -0.05) is 12.1 Å². The van der Waals surface area contributed by atoms with Crippen LogP contribution in [0.15, 0.2) is 39.8 Å². The number of carbonyl (C=O) groups excluding carboxylic acids is 1. The molecule has 0 aliphatic rings. The standard InChI is InChI=1S/C16H17N3O3/c1-10(2)18(3)13(20)8-19-9-17-14-11-6-4-5-7-12(11)22-15(14)16(19)21/h4-7,9-10H,8H2,1-3H3. The summed E-state index contributed by atoms with van der Waals surface area (Å²) in [5.74, 6) is -0.144. The fraction of sp³-hybridized carbons (Fsp3) is 0.312. The molecule has 0 atom stereocenters. The number of hydrogen-bond acceptors (Lipinski definition) is 4. The summed E-state index contributed by atoms with van der Waals surface area (Å²) in [6.07, 6.45) is 1.40. The van der Waals surface area contributed by atoms with Crippen LogP contribution in [-0.4, -0.2) is 33.4 Å². The van der Waals surface area contributed by atoms with E-state index in [1.165, 1.54) is 10.9 Å². The van der Waals surface area contributed by atoms with E-state index in [1.54, 1.807) is 18.0 Å². The van der Waals surface area contributed by atoms with Gasteiger partial charge < -0.3 is 9.32 Å². The smallest absolute Gasteiger partial charge is 0.297 e. The fourth-order valence-electron chi connectivity index (χ4n) is 2.27. The van der Waals surface area contributed by atoms with Crippen molar-refractivity contribution in [2.75, 3.05) is 7.05 Å². The first-order chi connectivity index (χ1) is 10.5. The number of benzene rings is 1. The Bertz CT molecular complexity index is 908. The molecule has 0 radical (unpaired) electrons. The molecule has 2 aromatic heterocycles.